The molecular formula is C12H18N2O2S. The van der Waals surface area contributed by atoms with Gasteiger partial charge in [0, 0.05) is 18.9 Å². The number of hydrogen-bond acceptors (Lipinski definition) is 4. The van der Waals surface area contributed by atoms with Crippen molar-refractivity contribution < 1.29 is 9.90 Å². The molecule has 1 aromatic rings. The molecule has 0 spiro atoms. The van der Waals surface area contributed by atoms with Crippen LogP contribution in [0.15, 0.2) is 24.5 Å². The van der Waals surface area contributed by atoms with Crippen LogP contribution in [0.25, 0.3) is 0 Å². The third kappa shape index (κ3) is 5.70. The molecule has 2 N–H and O–H groups in total. The van der Waals surface area contributed by atoms with Crippen LogP contribution in [0.2, 0.25) is 0 Å². The summed E-state index contributed by atoms with van der Waals surface area (Å²) in [6, 6.07) is 3.83. The van der Waals surface area contributed by atoms with Gasteiger partial charge >= 0.3 is 0 Å². The highest BCUT2D eigenvalue weighted by atomic mass is 32.2. The fraction of sp³-hybridized carbons (Fsp3) is 0.500. The molecule has 0 bridgehead atoms. The first-order valence-corrected chi connectivity index (χ1v) is 6.97. The second-order valence-corrected chi connectivity index (χ2v) is 4.69. The van der Waals surface area contributed by atoms with Gasteiger partial charge in [0.2, 0.25) is 5.91 Å². The molecule has 1 amide bonds. The van der Waals surface area contributed by atoms with Gasteiger partial charge in [-0.15, -0.1) is 0 Å². The van der Waals surface area contributed by atoms with Crippen molar-refractivity contribution in [2.75, 3.05) is 18.6 Å². The molecule has 0 saturated heterocycles. The van der Waals surface area contributed by atoms with Crippen molar-refractivity contribution in [1.29, 1.82) is 0 Å². The third-order valence-corrected chi connectivity index (χ3v) is 2.98. The minimum atomic E-state index is -0.892. The molecule has 4 nitrogen and oxygen atoms in total. The number of thioether (sulfide) groups is 1. The Balaban J connectivity index is 2.20. The van der Waals surface area contributed by atoms with Gasteiger partial charge in [-0.25, -0.2) is 0 Å². The van der Waals surface area contributed by atoms with Crippen molar-refractivity contribution in [1.82, 2.24) is 10.3 Å². The number of nitrogens with one attached hydrogen (secondary N) is 1. The second-order valence-electron chi connectivity index (χ2n) is 3.70. The van der Waals surface area contributed by atoms with E-state index in [0.717, 1.165) is 17.7 Å². The summed E-state index contributed by atoms with van der Waals surface area (Å²) in [5.74, 6) is 0.500. The van der Waals surface area contributed by atoms with Gasteiger partial charge in [0.1, 0.15) is 6.10 Å². The minimum absolute atomic E-state index is 0.289. The predicted molar refractivity (Wildman–Crippen MR) is 70.0 cm³/mol. The number of nitrogens with zero attached hydrogens (tertiary/aromatic N) is 1. The summed E-state index contributed by atoms with van der Waals surface area (Å²) in [4.78, 5) is 15.4. The number of aromatic nitrogens is 1. The van der Waals surface area contributed by atoms with Crippen LogP contribution >= 0.6 is 11.8 Å². The maximum absolute atomic E-state index is 11.5. The fourth-order valence-electron chi connectivity index (χ4n) is 1.35. The van der Waals surface area contributed by atoms with E-state index in [9.17, 15) is 9.90 Å². The molecule has 17 heavy (non-hydrogen) atoms. The topological polar surface area (TPSA) is 62.2 Å². The summed E-state index contributed by atoms with van der Waals surface area (Å²) in [5, 5.41) is 12.2. The lowest BCUT2D eigenvalue weighted by molar-refractivity contribution is -0.129. The molecule has 0 fully saturated rings. The van der Waals surface area contributed by atoms with E-state index in [1.54, 1.807) is 24.2 Å². The maximum atomic E-state index is 11.5. The molecular weight excluding hydrogens is 236 g/mol. The highest BCUT2D eigenvalue weighted by Gasteiger charge is 2.13. The second kappa shape index (κ2) is 8.08. The maximum Gasteiger partial charge on any atom is 0.248 e. The zero-order chi connectivity index (χ0) is 12.5. The molecule has 0 unspecified atom stereocenters. The van der Waals surface area contributed by atoms with E-state index in [1.807, 2.05) is 18.4 Å². The lowest BCUT2D eigenvalue weighted by Crippen LogP contribution is -2.36. The van der Waals surface area contributed by atoms with Crippen LogP contribution in [0.4, 0.5) is 0 Å². The molecule has 94 valence electrons. The van der Waals surface area contributed by atoms with E-state index in [1.165, 1.54) is 0 Å². The molecule has 0 radical (unpaired) electrons. The van der Waals surface area contributed by atoms with Crippen molar-refractivity contribution in [3.63, 3.8) is 0 Å². The number of amides is 1. The number of hydrogen-bond donors (Lipinski definition) is 2. The van der Waals surface area contributed by atoms with Crippen molar-refractivity contribution in [3.05, 3.63) is 30.1 Å². The van der Waals surface area contributed by atoms with E-state index >= 15 is 0 Å². The van der Waals surface area contributed by atoms with Crippen LogP contribution in [-0.4, -0.2) is 40.7 Å². The van der Waals surface area contributed by atoms with E-state index in [-0.39, 0.29) is 5.91 Å². The van der Waals surface area contributed by atoms with Gasteiger partial charge in [-0.3, -0.25) is 9.78 Å². The Kier molecular flexibility index (Phi) is 6.65. The molecule has 0 saturated carbocycles. The molecule has 0 aliphatic heterocycles. The SMILES string of the molecule is CSCC[C@@H](O)C(=O)NCCc1cccnc1. The van der Waals surface area contributed by atoms with Gasteiger partial charge in [-0.1, -0.05) is 6.07 Å². The molecule has 1 rings (SSSR count). The van der Waals surface area contributed by atoms with Crippen LogP contribution in [0.5, 0.6) is 0 Å². The first-order valence-electron chi connectivity index (χ1n) is 5.57. The van der Waals surface area contributed by atoms with Crippen molar-refractivity contribution in [2.24, 2.45) is 0 Å². The summed E-state index contributed by atoms with van der Waals surface area (Å²) in [5.41, 5.74) is 1.08. The Labute approximate surface area is 106 Å². The Morgan fingerprint density at radius 1 is 1.65 bits per heavy atom. The van der Waals surface area contributed by atoms with E-state index in [4.69, 9.17) is 0 Å². The highest BCUT2D eigenvalue weighted by Crippen LogP contribution is 2.00. The number of carbonyl (C=O) groups is 1. The van der Waals surface area contributed by atoms with Crippen LogP contribution < -0.4 is 5.32 Å². The summed E-state index contributed by atoms with van der Waals surface area (Å²) in [6.07, 6.45) is 5.78. The normalized spacial score (nSPS) is 12.1. The van der Waals surface area contributed by atoms with Gasteiger partial charge < -0.3 is 10.4 Å². The Morgan fingerprint density at radius 3 is 3.12 bits per heavy atom. The minimum Gasteiger partial charge on any atom is -0.383 e. The lowest BCUT2D eigenvalue weighted by atomic mass is 10.2. The molecule has 1 heterocycles. The largest absolute Gasteiger partial charge is 0.383 e. The van der Waals surface area contributed by atoms with Gasteiger partial charge in [0.25, 0.3) is 0 Å². The monoisotopic (exact) mass is 254 g/mol. The standard InChI is InChI=1S/C12H18N2O2S/c1-17-8-5-11(15)12(16)14-7-4-10-3-2-6-13-9-10/h2-3,6,9,11,15H,4-5,7-8H2,1H3,(H,14,16)/t11-/m1/s1. The Hall–Kier alpha value is -1.07. The smallest absolute Gasteiger partial charge is 0.248 e. The highest BCUT2D eigenvalue weighted by molar-refractivity contribution is 7.98. The predicted octanol–water partition coefficient (Wildman–Crippen LogP) is 0.854. The molecule has 0 aromatic carbocycles. The molecule has 1 atom stereocenters. The zero-order valence-electron chi connectivity index (χ0n) is 9.93. The summed E-state index contributed by atoms with van der Waals surface area (Å²) >= 11 is 1.62. The first kappa shape index (κ1) is 14.0. The van der Waals surface area contributed by atoms with E-state index in [0.29, 0.717) is 13.0 Å². The summed E-state index contributed by atoms with van der Waals surface area (Å²) in [6.45, 7) is 0.529. The van der Waals surface area contributed by atoms with Gasteiger partial charge in [-0.2, -0.15) is 11.8 Å². The summed E-state index contributed by atoms with van der Waals surface area (Å²) in [7, 11) is 0. The average molecular weight is 254 g/mol. The number of pyridine rings is 1. The fourth-order valence-corrected chi connectivity index (χ4v) is 1.81. The average Bonchev–Trinajstić information content (AvgIpc) is 2.37. The Bertz CT molecular complexity index is 333. The van der Waals surface area contributed by atoms with Crippen LogP contribution in [-0.2, 0) is 11.2 Å². The van der Waals surface area contributed by atoms with Crippen molar-refractivity contribution in [2.45, 2.75) is 18.9 Å². The molecule has 1 aromatic heterocycles. The first-order chi connectivity index (χ1) is 8.24. The van der Waals surface area contributed by atoms with Gasteiger partial charge in [0.05, 0.1) is 0 Å². The molecule has 0 aliphatic carbocycles. The van der Waals surface area contributed by atoms with Crippen molar-refractivity contribution in [3.8, 4) is 0 Å². The number of carbonyl (C=O) groups excluding carboxylic acids is 1. The lowest BCUT2D eigenvalue weighted by Gasteiger charge is -2.10. The van der Waals surface area contributed by atoms with E-state index < -0.39 is 6.10 Å². The van der Waals surface area contributed by atoms with E-state index in [2.05, 4.69) is 10.3 Å². The van der Waals surface area contributed by atoms with Crippen LogP contribution in [0, 0.1) is 0 Å². The van der Waals surface area contributed by atoms with Crippen LogP contribution in [0.1, 0.15) is 12.0 Å². The number of rotatable bonds is 7. The Morgan fingerprint density at radius 2 is 2.47 bits per heavy atom. The third-order valence-electron chi connectivity index (χ3n) is 2.33. The van der Waals surface area contributed by atoms with Crippen molar-refractivity contribution >= 4 is 17.7 Å². The van der Waals surface area contributed by atoms with Gasteiger partial charge in [-0.05, 0) is 36.5 Å². The van der Waals surface area contributed by atoms with Crippen LogP contribution in [0.3, 0.4) is 0 Å². The zero-order valence-corrected chi connectivity index (χ0v) is 10.7. The molecule has 5 heteroatoms. The quantitative estimate of drug-likeness (QED) is 0.757. The number of aliphatic hydroxyl groups excluding tert-OH is 1. The summed E-state index contributed by atoms with van der Waals surface area (Å²) < 4.78 is 0. The van der Waals surface area contributed by atoms with Gasteiger partial charge in [0.15, 0.2) is 0 Å². The molecule has 0 aliphatic rings. The number of aliphatic hydroxyl groups is 1.